The van der Waals surface area contributed by atoms with Crippen molar-refractivity contribution in [3.05, 3.63) is 24.3 Å². The molecule has 0 saturated carbocycles. The lowest BCUT2D eigenvalue weighted by Crippen LogP contribution is -2.32. The van der Waals surface area contributed by atoms with Gasteiger partial charge in [0.2, 0.25) is 5.91 Å². The van der Waals surface area contributed by atoms with Crippen molar-refractivity contribution in [2.24, 2.45) is 0 Å². The van der Waals surface area contributed by atoms with Gasteiger partial charge >= 0.3 is 0 Å². The van der Waals surface area contributed by atoms with Gasteiger partial charge in [0.25, 0.3) is 0 Å². The third kappa shape index (κ3) is 2.60. The van der Waals surface area contributed by atoms with Crippen LogP contribution in [0, 0.1) is 0 Å². The molecule has 1 aliphatic heterocycles. The molecule has 0 unspecified atom stereocenters. The Balaban J connectivity index is 2.32. The number of hydrogen-bond donors (Lipinski definition) is 1. The predicted octanol–water partition coefficient (Wildman–Crippen LogP) is 3.02. The van der Waals surface area contributed by atoms with E-state index in [2.05, 4.69) is 19.2 Å². The molecule has 1 amide bonds. The van der Waals surface area contributed by atoms with Crippen molar-refractivity contribution in [2.45, 2.75) is 39.2 Å². The molecule has 0 spiro atoms. The SMILES string of the molecule is CCCCN1C(=O)C[C@@H](C)Nc2ccccc21. The molecule has 92 valence electrons. The van der Waals surface area contributed by atoms with Crippen LogP contribution >= 0.6 is 0 Å². The summed E-state index contributed by atoms with van der Waals surface area (Å²) in [6.45, 7) is 5.02. The summed E-state index contributed by atoms with van der Waals surface area (Å²) in [4.78, 5) is 14.1. The van der Waals surface area contributed by atoms with E-state index >= 15 is 0 Å². The predicted molar refractivity (Wildman–Crippen MR) is 71.4 cm³/mol. The van der Waals surface area contributed by atoms with Gasteiger partial charge < -0.3 is 10.2 Å². The van der Waals surface area contributed by atoms with E-state index in [0.717, 1.165) is 30.8 Å². The van der Waals surface area contributed by atoms with Gasteiger partial charge in [0.15, 0.2) is 0 Å². The highest BCUT2D eigenvalue weighted by Gasteiger charge is 2.24. The number of fused-ring (bicyclic) bond motifs is 1. The van der Waals surface area contributed by atoms with Gasteiger partial charge in [0.1, 0.15) is 0 Å². The number of nitrogens with zero attached hydrogens (tertiary/aromatic N) is 1. The normalized spacial score (nSPS) is 19.5. The second-order valence-corrected chi connectivity index (χ2v) is 4.67. The molecule has 1 aromatic rings. The van der Waals surface area contributed by atoms with E-state index in [9.17, 15) is 4.79 Å². The highest BCUT2D eigenvalue weighted by atomic mass is 16.2. The summed E-state index contributed by atoms with van der Waals surface area (Å²) in [5.41, 5.74) is 2.09. The van der Waals surface area contributed by atoms with Gasteiger partial charge in [-0.2, -0.15) is 0 Å². The first-order chi connectivity index (χ1) is 8.22. The largest absolute Gasteiger partial charge is 0.380 e. The molecule has 0 bridgehead atoms. The van der Waals surface area contributed by atoms with Crippen LogP contribution in [0.1, 0.15) is 33.1 Å². The highest BCUT2D eigenvalue weighted by Crippen LogP contribution is 2.30. The van der Waals surface area contributed by atoms with Crippen molar-refractivity contribution < 1.29 is 4.79 Å². The molecule has 3 nitrogen and oxygen atoms in total. The molecule has 1 aromatic carbocycles. The molecule has 1 aliphatic rings. The van der Waals surface area contributed by atoms with Crippen molar-refractivity contribution in [2.75, 3.05) is 16.8 Å². The van der Waals surface area contributed by atoms with E-state index in [1.54, 1.807) is 0 Å². The summed E-state index contributed by atoms with van der Waals surface area (Å²) >= 11 is 0. The number of carbonyl (C=O) groups is 1. The van der Waals surface area contributed by atoms with Crippen LogP contribution in [0.3, 0.4) is 0 Å². The fourth-order valence-corrected chi connectivity index (χ4v) is 2.22. The zero-order valence-corrected chi connectivity index (χ0v) is 10.6. The summed E-state index contributed by atoms with van der Waals surface area (Å²) < 4.78 is 0. The van der Waals surface area contributed by atoms with E-state index in [1.807, 2.05) is 29.2 Å². The minimum Gasteiger partial charge on any atom is -0.380 e. The summed E-state index contributed by atoms with van der Waals surface area (Å²) in [5.74, 6) is 0.225. The average Bonchev–Trinajstić information content (AvgIpc) is 2.42. The van der Waals surface area contributed by atoms with Crippen LogP contribution < -0.4 is 10.2 Å². The minimum absolute atomic E-state index is 0.204. The van der Waals surface area contributed by atoms with Gasteiger partial charge in [-0.15, -0.1) is 0 Å². The number of nitrogens with one attached hydrogen (secondary N) is 1. The molecule has 1 heterocycles. The maximum absolute atomic E-state index is 12.2. The molecule has 1 atom stereocenters. The Kier molecular flexibility index (Phi) is 3.67. The van der Waals surface area contributed by atoms with Crippen LogP contribution in [-0.2, 0) is 4.79 Å². The monoisotopic (exact) mass is 232 g/mol. The Bertz CT molecular complexity index is 403. The van der Waals surface area contributed by atoms with Crippen LogP contribution in [0.25, 0.3) is 0 Å². The summed E-state index contributed by atoms with van der Waals surface area (Å²) in [6.07, 6.45) is 2.72. The molecular weight excluding hydrogens is 212 g/mol. The van der Waals surface area contributed by atoms with Crippen LogP contribution in [0.4, 0.5) is 11.4 Å². The molecular formula is C14H20N2O. The first kappa shape index (κ1) is 12.0. The summed E-state index contributed by atoms with van der Waals surface area (Å²) in [5, 5.41) is 3.40. The Labute approximate surface area is 103 Å². The zero-order valence-electron chi connectivity index (χ0n) is 10.6. The highest BCUT2D eigenvalue weighted by molar-refractivity contribution is 5.98. The van der Waals surface area contributed by atoms with Gasteiger partial charge in [-0.3, -0.25) is 4.79 Å². The van der Waals surface area contributed by atoms with E-state index < -0.39 is 0 Å². The number of hydrogen-bond acceptors (Lipinski definition) is 2. The maximum Gasteiger partial charge on any atom is 0.229 e. The summed E-state index contributed by atoms with van der Waals surface area (Å²) in [6, 6.07) is 8.27. The van der Waals surface area contributed by atoms with Gasteiger partial charge in [0.05, 0.1) is 11.4 Å². The molecule has 0 radical (unpaired) electrons. The lowest BCUT2D eigenvalue weighted by molar-refractivity contribution is -0.118. The molecule has 0 aromatic heterocycles. The van der Waals surface area contributed by atoms with E-state index in [1.165, 1.54) is 0 Å². The van der Waals surface area contributed by atoms with Crippen molar-refractivity contribution in [3.8, 4) is 0 Å². The van der Waals surface area contributed by atoms with E-state index in [0.29, 0.717) is 6.42 Å². The van der Waals surface area contributed by atoms with Crippen LogP contribution in [-0.4, -0.2) is 18.5 Å². The fourth-order valence-electron chi connectivity index (χ4n) is 2.22. The van der Waals surface area contributed by atoms with E-state index in [-0.39, 0.29) is 11.9 Å². The number of benzene rings is 1. The molecule has 3 heteroatoms. The van der Waals surface area contributed by atoms with Crippen LogP contribution in [0.5, 0.6) is 0 Å². The van der Waals surface area contributed by atoms with Gasteiger partial charge in [-0.05, 0) is 25.5 Å². The van der Waals surface area contributed by atoms with Crippen molar-refractivity contribution in [1.82, 2.24) is 0 Å². The summed E-state index contributed by atoms with van der Waals surface area (Å²) in [7, 11) is 0. The molecule has 2 rings (SSSR count). The van der Waals surface area contributed by atoms with E-state index in [4.69, 9.17) is 0 Å². The number of para-hydroxylation sites is 2. The van der Waals surface area contributed by atoms with Crippen LogP contribution in [0.2, 0.25) is 0 Å². The maximum atomic E-state index is 12.2. The standard InChI is InChI=1S/C14H20N2O/c1-3-4-9-16-13-8-6-5-7-12(13)15-11(2)10-14(16)17/h5-8,11,15H,3-4,9-10H2,1-2H3/t11-/m1/s1. The third-order valence-electron chi connectivity index (χ3n) is 3.11. The second kappa shape index (κ2) is 5.21. The smallest absolute Gasteiger partial charge is 0.229 e. The lowest BCUT2D eigenvalue weighted by Gasteiger charge is -2.22. The van der Waals surface area contributed by atoms with Gasteiger partial charge in [-0.1, -0.05) is 25.5 Å². The zero-order chi connectivity index (χ0) is 12.3. The first-order valence-electron chi connectivity index (χ1n) is 6.38. The Morgan fingerprint density at radius 2 is 2.18 bits per heavy atom. The Morgan fingerprint density at radius 3 is 2.94 bits per heavy atom. The number of amides is 1. The number of unbranched alkanes of at least 4 members (excludes halogenated alkanes) is 1. The Hall–Kier alpha value is -1.51. The number of carbonyl (C=O) groups excluding carboxylic acids is 1. The van der Waals surface area contributed by atoms with Crippen molar-refractivity contribution >= 4 is 17.3 Å². The van der Waals surface area contributed by atoms with Gasteiger partial charge in [-0.25, -0.2) is 0 Å². The molecule has 0 fully saturated rings. The minimum atomic E-state index is 0.204. The molecule has 17 heavy (non-hydrogen) atoms. The number of anilines is 2. The van der Waals surface area contributed by atoms with Crippen molar-refractivity contribution in [3.63, 3.8) is 0 Å². The lowest BCUT2D eigenvalue weighted by atomic mass is 10.2. The Morgan fingerprint density at radius 1 is 1.41 bits per heavy atom. The van der Waals surface area contributed by atoms with Gasteiger partial charge in [0, 0.05) is 19.0 Å². The molecule has 1 N–H and O–H groups in total. The quantitative estimate of drug-likeness (QED) is 0.868. The second-order valence-electron chi connectivity index (χ2n) is 4.67. The third-order valence-corrected chi connectivity index (χ3v) is 3.11. The average molecular weight is 232 g/mol. The number of rotatable bonds is 3. The fraction of sp³-hybridized carbons (Fsp3) is 0.500. The first-order valence-corrected chi connectivity index (χ1v) is 6.38. The topological polar surface area (TPSA) is 32.3 Å². The molecule has 0 saturated heterocycles. The van der Waals surface area contributed by atoms with Crippen molar-refractivity contribution in [1.29, 1.82) is 0 Å². The van der Waals surface area contributed by atoms with Crippen LogP contribution in [0.15, 0.2) is 24.3 Å². The molecule has 0 aliphatic carbocycles.